The standard InChI is InChI=1S/C16H11Cl3N2/c17-13-7-4-8-14(18)15(13)16(19)11-9-20-21(10-11)12-5-2-1-3-6-12/h1-10,16H. The third-order valence-electron chi connectivity index (χ3n) is 3.17. The van der Waals surface area contributed by atoms with E-state index in [1.54, 1.807) is 29.1 Å². The van der Waals surface area contributed by atoms with Crippen LogP contribution >= 0.6 is 34.8 Å². The van der Waals surface area contributed by atoms with Crippen molar-refractivity contribution in [2.24, 2.45) is 0 Å². The van der Waals surface area contributed by atoms with Crippen LogP contribution in [-0.4, -0.2) is 9.78 Å². The van der Waals surface area contributed by atoms with E-state index in [-0.39, 0.29) is 0 Å². The van der Waals surface area contributed by atoms with Crippen LogP contribution in [0.4, 0.5) is 0 Å². The van der Waals surface area contributed by atoms with E-state index >= 15 is 0 Å². The lowest BCUT2D eigenvalue weighted by molar-refractivity contribution is 0.880. The zero-order valence-corrected chi connectivity index (χ0v) is 13.1. The van der Waals surface area contributed by atoms with Crippen LogP contribution in [-0.2, 0) is 0 Å². The van der Waals surface area contributed by atoms with E-state index in [4.69, 9.17) is 34.8 Å². The third-order valence-corrected chi connectivity index (χ3v) is 4.30. The molecule has 2 nitrogen and oxygen atoms in total. The first-order chi connectivity index (χ1) is 10.2. The highest BCUT2D eigenvalue weighted by Gasteiger charge is 2.19. The van der Waals surface area contributed by atoms with Crippen LogP contribution in [0.25, 0.3) is 5.69 Å². The number of alkyl halides is 1. The van der Waals surface area contributed by atoms with Gasteiger partial charge in [-0.15, -0.1) is 11.6 Å². The Morgan fingerprint density at radius 1 is 0.905 bits per heavy atom. The molecule has 0 saturated carbocycles. The number of benzene rings is 2. The molecule has 0 aliphatic carbocycles. The van der Waals surface area contributed by atoms with E-state index in [9.17, 15) is 0 Å². The van der Waals surface area contributed by atoms with Gasteiger partial charge in [0, 0.05) is 27.4 Å². The average molecular weight is 338 g/mol. The first-order valence-electron chi connectivity index (χ1n) is 6.35. The summed E-state index contributed by atoms with van der Waals surface area (Å²) in [5.74, 6) is 0. The lowest BCUT2D eigenvalue weighted by Crippen LogP contribution is -1.95. The van der Waals surface area contributed by atoms with Gasteiger partial charge in [0.25, 0.3) is 0 Å². The van der Waals surface area contributed by atoms with Gasteiger partial charge in [0.05, 0.1) is 17.3 Å². The molecule has 0 spiro atoms. The zero-order valence-electron chi connectivity index (χ0n) is 10.9. The summed E-state index contributed by atoms with van der Waals surface area (Å²) in [5.41, 5.74) is 2.52. The summed E-state index contributed by atoms with van der Waals surface area (Å²) in [4.78, 5) is 0. The predicted octanol–water partition coefficient (Wildman–Crippen LogP) is 5.51. The Morgan fingerprint density at radius 2 is 1.57 bits per heavy atom. The van der Waals surface area contributed by atoms with Gasteiger partial charge in [-0.25, -0.2) is 4.68 Å². The summed E-state index contributed by atoms with van der Waals surface area (Å²) < 4.78 is 1.77. The number of rotatable bonds is 3. The SMILES string of the molecule is Clc1cccc(Cl)c1C(Cl)c1cnn(-c2ccccc2)c1. The van der Waals surface area contributed by atoms with Gasteiger partial charge in [0.15, 0.2) is 0 Å². The van der Waals surface area contributed by atoms with Gasteiger partial charge < -0.3 is 0 Å². The molecule has 3 aromatic rings. The van der Waals surface area contributed by atoms with Crippen molar-refractivity contribution >= 4 is 34.8 Å². The van der Waals surface area contributed by atoms with Gasteiger partial charge >= 0.3 is 0 Å². The normalized spacial score (nSPS) is 12.3. The number of halogens is 3. The second kappa shape index (κ2) is 6.10. The summed E-state index contributed by atoms with van der Waals surface area (Å²) in [6.07, 6.45) is 3.61. The quantitative estimate of drug-likeness (QED) is 0.576. The molecule has 1 aromatic heterocycles. The monoisotopic (exact) mass is 336 g/mol. The summed E-state index contributed by atoms with van der Waals surface area (Å²) in [5, 5.41) is 5.00. The van der Waals surface area contributed by atoms with Crippen LogP contribution in [0.2, 0.25) is 10.0 Å². The highest BCUT2D eigenvalue weighted by Crippen LogP contribution is 2.38. The Kier molecular flexibility index (Phi) is 4.20. The molecule has 0 N–H and O–H groups in total. The lowest BCUT2D eigenvalue weighted by Gasteiger charge is -2.11. The van der Waals surface area contributed by atoms with Gasteiger partial charge in [0.2, 0.25) is 0 Å². The molecule has 0 bridgehead atoms. The minimum atomic E-state index is -0.441. The molecule has 1 heterocycles. The molecule has 1 unspecified atom stereocenters. The second-order valence-electron chi connectivity index (χ2n) is 4.55. The van der Waals surface area contributed by atoms with E-state index in [2.05, 4.69) is 5.10 Å². The third kappa shape index (κ3) is 2.93. The molecule has 2 aromatic carbocycles. The van der Waals surface area contributed by atoms with Crippen LogP contribution in [0.5, 0.6) is 0 Å². The van der Waals surface area contributed by atoms with E-state index < -0.39 is 5.38 Å². The molecule has 0 aliphatic rings. The summed E-state index contributed by atoms with van der Waals surface area (Å²) >= 11 is 18.9. The van der Waals surface area contributed by atoms with Crippen molar-refractivity contribution in [1.29, 1.82) is 0 Å². The topological polar surface area (TPSA) is 17.8 Å². The summed E-state index contributed by atoms with van der Waals surface area (Å²) in [6, 6.07) is 15.2. The smallest absolute Gasteiger partial charge is 0.0894 e. The molecule has 0 saturated heterocycles. The van der Waals surface area contributed by atoms with Crippen molar-refractivity contribution < 1.29 is 0 Å². The molecule has 0 fully saturated rings. The van der Waals surface area contributed by atoms with Crippen molar-refractivity contribution in [3.8, 4) is 5.69 Å². The fourth-order valence-corrected chi connectivity index (χ4v) is 3.18. The van der Waals surface area contributed by atoms with E-state index in [0.717, 1.165) is 11.3 Å². The van der Waals surface area contributed by atoms with Crippen molar-refractivity contribution in [1.82, 2.24) is 9.78 Å². The van der Waals surface area contributed by atoms with Crippen molar-refractivity contribution in [2.45, 2.75) is 5.38 Å². The van der Waals surface area contributed by atoms with E-state index in [0.29, 0.717) is 15.6 Å². The lowest BCUT2D eigenvalue weighted by atomic mass is 10.1. The maximum absolute atomic E-state index is 6.52. The Labute approximate surface area is 137 Å². The molecule has 0 radical (unpaired) electrons. The molecular formula is C16H11Cl3N2. The van der Waals surface area contributed by atoms with Gasteiger partial charge in [-0.2, -0.15) is 5.10 Å². The number of hydrogen-bond acceptors (Lipinski definition) is 1. The average Bonchev–Trinajstić information content (AvgIpc) is 2.97. The minimum Gasteiger partial charge on any atom is -0.241 e. The molecule has 3 rings (SSSR count). The maximum atomic E-state index is 6.52. The van der Waals surface area contributed by atoms with Crippen molar-refractivity contribution in [3.05, 3.63) is 82.1 Å². The van der Waals surface area contributed by atoms with Crippen LogP contribution in [0.3, 0.4) is 0 Å². The number of aromatic nitrogens is 2. The largest absolute Gasteiger partial charge is 0.241 e. The zero-order chi connectivity index (χ0) is 14.8. The summed E-state index contributed by atoms with van der Waals surface area (Å²) in [6.45, 7) is 0. The molecule has 1 atom stereocenters. The molecule has 5 heteroatoms. The minimum absolute atomic E-state index is 0.441. The summed E-state index contributed by atoms with van der Waals surface area (Å²) in [7, 11) is 0. The predicted molar refractivity (Wildman–Crippen MR) is 87.7 cm³/mol. The van der Waals surface area contributed by atoms with Gasteiger partial charge in [-0.1, -0.05) is 47.5 Å². The molecule has 0 amide bonds. The van der Waals surface area contributed by atoms with Crippen LogP contribution in [0.15, 0.2) is 60.9 Å². The fourth-order valence-electron chi connectivity index (χ4n) is 2.11. The van der Waals surface area contributed by atoms with Gasteiger partial charge in [-0.05, 0) is 24.3 Å². The van der Waals surface area contributed by atoms with E-state index in [1.807, 2.05) is 36.5 Å². The van der Waals surface area contributed by atoms with Gasteiger partial charge in [0.1, 0.15) is 0 Å². The number of hydrogen-bond donors (Lipinski definition) is 0. The first kappa shape index (κ1) is 14.5. The first-order valence-corrected chi connectivity index (χ1v) is 7.54. The maximum Gasteiger partial charge on any atom is 0.0894 e. The number of nitrogens with zero attached hydrogens (tertiary/aromatic N) is 2. The van der Waals surface area contributed by atoms with Crippen molar-refractivity contribution in [2.75, 3.05) is 0 Å². The Morgan fingerprint density at radius 3 is 2.24 bits per heavy atom. The Bertz CT molecular complexity index is 733. The van der Waals surface area contributed by atoms with Crippen LogP contribution in [0, 0.1) is 0 Å². The highest BCUT2D eigenvalue weighted by molar-refractivity contribution is 6.38. The van der Waals surface area contributed by atoms with Crippen LogP contribution < -0.4 is 0 Å². The molecule has 21 heavy (non-hydrogen) atoms. The van der Waals surface area contributed by atoms with Gasteiger partial charge in [-0.3, -0.25) is 0 Å². The van der Waals surface area contributed by atoms with Crippen molar-refractivity contribution in [3.63, 3.8) is 0 Å². The number of para-hydroxylation sites is 1. The molecule has 0 aliphatic heterocycles. The molecule has 106 valence electrons. The second-order valence-corrected chi connectivity index (χ2v) is 5.80. The Hall–Kier alpha value is -1.48. The van der Waals surface area contributed by atoms with Crippen LogP contribution in [0.1, 0.15) is 16.5 Å². The van der Waals surface area contributed by atoms with E-state index in [1.165, 1.54) is 0 Å². The fraction of sp³-hybridized carbons (Fsp3) is 0.0625. The molecular weight excluding hydrogens is 327 g/mol. The highest BCUT2D eigenvalue weighted by atomic mass is 35.5. The Balaban J connectivity index is 1.97.